The van der Waals surface area contributed by atoms with Crippen LogP contribution in [0, 0.1) is 23.7 Å². The molecule has 0 heterocycles. The average molecular weight is 280 g/mol. The molecular weight excluding hydrogens is 244 g/mol. The number of hydrogen-bond acceptors (Lipinski definition) is 2. The van der Waals surface area contributed by atoms with E-state index < -0.39 is 0 Å². The molecule has 0 aromatic heterocycles. The molecule has 20 heavy (non-hydrogen) atoms. The van der Waals surface area contributed by atoms with Crippen molar-refractivity contribution in [1.29, 1.82) is 0 Å². The Morgan fingerprint density at radius 3 is 2.30 bits per heavy atom. The quantitative estimate of drug-likeness (QED) is 0.849. The van der Waals surface area contributed by atoms with Gasteiger partial charge in [-0.25, -0.2) is 0 Å². The van der Waals surface area contributed by atoms with Crippen LogP contribution in [0.1, 0.15) is 65.7 Å². The van der Waals surface area contributed by atoms with Gasteiger partial charge in [0, 0.05) is 11.6 Å². The van der Waals surface area contributed by atoms with Crippen molar-refractivity contribution in [3.63, 3.8) is 0 Å². The highest BCUT2D eigenvalue weighted by atomic mass is 15.2. The van der Waals surface area contributed by atoms with Crippen LogP contribution < -0.4 is 5.73 Å². The minimum absolute atomic E-state index is 0.253. The lowest BCUT2D eigenvalue weighted by molar-refractivity contribution is 0.0147. The molecule has 6 atom stereocenters. The van der Waals surface area contributed by atoms with Crippen molar-refractivity contribution < 1.29 is 0 Å². The van der Waals surface area contributed by atoms with Gasteiger partial charge in [0.25, 0.3) is 0 Å². The van der Waals surface area contributed by atoms with Gasteiger partial charge in [0.2, 0.25) is 0 Å². The molecule has 2 aliphatic rings. The van der Waals surface area contributed by atoms with Crippen LogP contribution in [-0.4, -0.2) is 30.6 Å². The van der Waals surface area contributed by atoms with Crippen LogP contribution in [0.2, 0.25) is 0 Å². The van der Waals surface area contributed by atoms with E-state index in [1.54, 1.807) is 0 Å². The molecule has 0 bridgehead atoms. The Morgan fingerprint density at radius 2 is 1.75 bits per heavy atom. The second kappa shape index (κ2) is 6.36. The fourth-order valence-corrected chi connectivity index (χ4v) is 4.93. The summed E-state index contributed by atoms with van der Waals surface area (Å²) >= 11 is 0. The summed E-state index contributed by atoms with van der Waals surface area (Å²) < 4.78 is 0. The third kappa shape index (κ3) is 3.06. The van der Waals surface area contributed by atoms with Gasteiger partial charge >= 0.3 is 0 Å². The van der Waals surface area contributed by atoms with Crippen LogP contribution in [0.5, 0.6) is 0 Å². The third-order valence-corrected chi connectivity index (χ3v) is 6.67. The van der Waals surface area contributed by atoms with E-state index in [0.717, 1.165) is 23.7 Å². The highest BCUT2D eigenvalue weighted by Crippen LogP contribution is 2.44. The Bertz CT molecular complexity index is 315. The summed E-state index contributed by atoms with van der Waals surface area (Å²) in [7, 11) is 4.51. The Labute approximate surface area is 126 Å². The number of likely N-dealkylation sites (N-methyl/N-ethyl adjacent to an activating group) is 1. The lowest BCUT2D eigenvalue weighted by atomic mass is 9.64. The van der Waals surface area contributed by atoms with Gasteiger partial charge in [-0.1, -0.05) is 40.0 Å². The van der Waals surface area contributed by atoms with Crippen LogP contribution in [0.15, 0.2) is 0 Å². The molecule has 2 N–H and O–H groups in total. The van der Waals surface area contributed by atoms with Gasteiger partial charge in [0.1, 0.15) is 0 Å². The molecule has 0 aliphatic heterocycles. The maximum Gasteiger partial charge on any atom is 0.0359 e. The van der Waals surface area contributed by atoms with Crippen molar-refractivity contribution in [3.05, 3.63) is 0 Å². The molecular formula is C18H36N2. The Kier molecular flexibility index (Phi) is 5.18. The fraction of sp³-hybridized carbons (Fsp3) is 1.00. The number of hydrogen-bond donors (Lipinski definition) is 1. The van der Waals surface area contributed by atoms with Crippen LogP contribution in [0.4, 0.5) is 0 Å². The second-order valence-electron chi connectivity index (χ2n) is 8.25. The van der Waals surface area contributed by atoms with Gasteiger partial charge < -0.3 is 10.6 Å². The van der Waals surface area contributed by atoms with Gasteiger partial charge in [-0.3, -0.25) is 0 Å². The van der Waals surface area contributed by atoms with E-state index in [1.165, 1.54) is 44.9 Å². The van der Waals surface area contributed by atoms with Crippen LogP contribution in [-0.2, 0) is 0 Å². The van der Waals surface area contributed by atoms with Crippen molar-refractivity contribution >= 4 is 0 Å². The first kappa shape index (κ1) is 16.3. The summed E-state index contributed by atoms with van der Waals surface area (Å²) in [6.07, 6.45) is 9.39. The van der Waals surface area contributed by atoms with E-state index in [2.05, 4.69) is 39.8 Å². The lowest BCUT2D eigenvalue weighted by Crippen LogP contribution is -2.62. The predicted octanol–water partition coefficient (Wildman–Crippen LogP) is 3.90. The summed E-state index contributed by atoms with van der Waals surface area (Å²) in [6, 6.07) is 0.357. The van der Waals surface area contributed by atoms with Crippen molar-refractivity contribution in [3.8, 4) is 0 Å². The topological polar surface area (TPSA) is 29.3 Å². The molecule has 6 unspecified atom stereocenters. The molecule has 0 amide bonds. The van der Waals surface area contributed by atoms with Gasteiger partial charge in [0.15, 0.2) is 0 Å². The van der Waals surface area contributed by atoms with Gasteiger partial charge in [0.05, 0.1) is 0 Å². The normalized spacial score (nSPS) is 44.5. The number of nitrogens with zero attached hydrogens (tertiary/aromatic N) is 1. The maximum atomic E-state index is 6.89. The molecule has 2 aliphatic carbocycles. The van der Waals surface area contributed by atoms with Gasteiger partial charge in [-0.05, 0) is 63.5 Å². The molecule has 0 aromatic carbocycles. The molecule has 0 spiro atoms. The first-order valence-electron chi connectivity index (χ1n) is 8.80. The number of rotatable bonds is 3. The average Bonchev–Trinajstić information content (AvgIpc) is 2.40. The molecule has 2 rings (SSSR count). The molecule has 2 nitrogen and oxygen atoms in total. The highest BCUT2D eigenvalue weighted by molar-refractivity contribution is 5.03. The number of nitrogens with two attached hydrogens (primary N) is 1. The first-order chi connectivity index (χ1) is 9.36. The maximum absolute atomic E-state index is 6.89. The largest absolute Gasteiger partial charge is 0.326 e. The minimum Gasteiger partial charge on any atom is -0.326 e. The third-order valence-electron chi connectivity index (χ3n) is 6.67. The zero-order valence-corrected chi connectivity index (χ0v) is 14.4. The first-order valence-corrected chi connectivity index (χ1v) is 8.80. The van der Waals surface area contributed by atoms with Crippen molar-refractivity contribution in [2.24, 2.45) is 29.4 Å². The summed E-state index contributed by atoms with van der Waals surface area (Å²) in [5.41, 5.74) is 7.14. The van der Waals surface area contributed by atoms with Crippen LogP contribution in [0.25, 0.3) is 0 Å². The second-order valence-corrected chi connectivity index (χ2v) is 8.25. The van der Waals surface area contributed by atoms with Gasteiger partial charge in [-0.2, -0.15) is 0 Å². The van der Waals surface area contributed by atoms with E-state index in [-0.39, 0.29) is 5.54 Å². The van der Waals surface area contributed by atoms with E-state index in [1.807, 2.05) is 0 Å². The van der Waals surface area contributed by atoms with Crippen LogP contribution in [0.3, 0.4) is 0 Å². The molecule has 2 heteroatoms. The summed E-state index contributed by atoms with van der Waals surface area (Å²) in [5.74, 6) is 3.30. The molecule has 0 radical (unpaired) electrons. The van der Waals surface area contributed by atoms with Crippen molar-refractivity contribution in [1.82, 2.24) is 4.90 Å². The highest BCUT2D eigenvalue weighted by Gasteiger charge is 2.45. The fourth-order valence-electron chi connectivity index (χ4n) is 4.93. The SMILES string of the molecule is CC1CCCC(C(N)C2CCC(C)C(C)C2)(N(C)C)C1. The molecule has 0 saturated heterocycles. The standard InChI is InChI=1S/C18H36N2/c1-13-7-6-10-18(12-13,20(4)5)17(19)16-9-8-14(2)15(3)11-16/h13-17H,6-12,19H2,1-5H3. The van der Waals surface area contributed by atoms with E-state index in [9.17, 15) is 0 Å². The molecule has 2 saturated carbocycles. The molecule has 118 valence electrons. The summed E-state index contributed by atoms with van der Waals surface area (Å²) in [5, 5.41) is 0. The van der Waals surface area contributed by atoms with E-state index >= 15 is 0 Å². The summed E-state index contributed by atoms with van der Waals surface area (Å²) in [4.78, 5) is 2.47. The van der Waals surface area contributed by atoms with Crippen LogP contribution >= 0.6 is 0 Å². The molecule has 2 fully saturated rings. The summed E-state index contributed by atoms with van der Waals surface area (Å²) in [6.45, 7) is 7.25. The zero-order valence-electron chi connectivity index (χ0n) is 14.4. The van der Waals surface area contributed by atoms with Gasteiger partial charge in [-0.15, -0.1) is 0 Å². The minimum atomic E-state index is 0.253. The Morgan fingerprint density at radius 1 is 1.05 bits per heavy atom. The van der Waals surface area contributed by atoms with Crippen molar-refractivity contribution in [2.75, 3.05) is 14.1 Å². The Balaban J connectivity index is 2.13. The Hall–Kier alpha value is -0.0800. The zero-order chi connectivity index (χ0) is 14.9. The van der Waals surface area contributed by atoms with Crippen molar-refractivity contribution in [2.45, 2.75) is 77.3 Å². The van der Waals surface area contributed by atoms with E-state index in [0.29, 0.717) is 6.04 Å². The van der Waals surface area contributed by atoms with E-state index in [4.69, 9.17) is 5.73 Å². The molecule has 0 aromatic rings. The smallest absolute Gasteiger partial charge is 0.0359 e. The lowest BCUT2D eigenvalue weighted by Gasteiger charge is -2.52. The predicted molar refractivity (Wildman–Crippen MR) is 87.7 cm³/mol. The monoisotopic (exact) mass is 280 g/mol.